The largest absolute Gasteiger partial charge is 0.455 e. The van der Waals surface area contributed by atoms with Gasteiger partial charge in [-0.3, -0.25) is 9.59 Å². The summed E-state index contributed by atoms with van der Waals surface area (Å²) in [5, 5.41) is 2.60. The molecule has 1 aliphatic heterocycles. The molecule has 1 amide bonds. The van der Waals surface area contributed by atoms with Crippen molar-refractivity contribution in [3.63, 3.8) is 0 Å². The number of esters is 1. The van der Waals surface area contributed by atoms with Crippen LogP contribution < -0.4 is 5.32 Å². The Bertz CT molecular complexity index is 828. The fourth-order valence-corrected chi connectivity index (χ4v) is 4.51. The molecule has 1 N–H and O–H groups in total. The monoisotopic (exact) mass is 408 g/mol. The third-order valence-electron chi connectivity index (χ3n) is 4.69. The van der Waals surface area contributed by atoms with Gasteiger partial charge in [-0.05, 0) is 43.5 Å². The molecule has 28 heavy (non-hydrogen) atoms. The van der Waals surface area contributed by atoms with Gasteiger partial charge in [-0.1, -0.05) is 12.2 Å². The summed E-state index contributed by atoms with van der Waals surface area (Å²) in [6.07, 6.45) is 6.18. The number of nitrogens with zero attached hydrogens (tertiary/aromatic N) is 1. The maximum atomic E-state index is 12.6. The summed E-state index contributed by atoms with van der Waals surface area (Å²) in [6, 6.07) is 5.92. The predicted octanol–water partition coefficient (Wildman–Crippen LogP) is 1.55. The van der Waals surface area contributed by atoms with E-state index in [1.54, 1.807) is 0 Å². The lowest BCUT2D eigenvalue weighted by Gasteiger charge is -2.26. The van der Waals surface area contributed by atoms with Crippen LogP contribution in [0.3, 0.4) is 0 Å². The highest BCUT2D eigenvalue weighted by Crippen LogP contribution is 2.20. The molecule has 0 bridgehead atoms. The lowest BCUT2D eigenvalue weighted by molar-refractivity contribution is -0.151. The summed E-state index contributed by atoms with van der Waals surface area (Å²) in [5.41, 5.74) is 0.433. The van der Waals surface area contributed by atoms with Gasteiger partial charge in [-0.25, -0.2) is 8.42 Å². The highest BCUT2D eigenvalue weighted by atomic mass is 32.2. The molecule has 0 unspecified atom stereocenters. The van der Waals surface area contributed by atoms with Gasteiger partial charge in [0, 0.05) is 18.8 Å². The fraction of sp³-hybridized carbons (Fsp3) is 0.474. The molecule has 8 nitrogen and oxygen atoms in total. The van der Waals surface area contributed by atoms with E-state index in [0.29, 0.717) is 38.4 Å². The van der Waals surface area contributed by atoms with Crippen LogP contribution in [0.5, 0.6) is 0 Å². The Labute approximate surface area is 164 Å². The van der Waals surface area contributed by atoms with Crippen LogP contribution in [0.4, 0.5) is 5.69 Å². The molecule has 1 aromatic rings. The zero-order valence-corrected chi connectivity index (χ0v) is 16.3. The Morgan fingerprint density at radius 1 is 1.14 bits per heavy atom. The lowest BCUT2D eigenvalue weighted by Crippen LogP contribution is -2.40. The summed E-state index contributed by atoms with van der Waals surface area (Å²) in [6.45, 7) is 1.03. The van der Waals surface area contributed by atoms with Crippen molar-refractivity contribution in [2.45, 2.75) is 24.2 Å². The molecule has 1 aromatic carbocycles. The molecule has 1 fully saturated rings. The van der Waals surface area contributed by atoms with E-state index >= 15 is 0 Å². The fourth-order valence-electron chi connectivity index (χ4n) is 3.11. The summed E-state index contributed by atoms with van der Waals surface area (Å²) in [4.78, 5) is 24.1. The first-order valence-electron chi connectivity index (χ1n) is 9.26. The Morgan fingerprint density at radius 3 is 2.50 bits per heavy atom. The van der Waals surface area contributed by atoms with Crippen LogP contribution in [-0.4, -0.2) is 57.5 Å². The van der Waals surface area contributed by atoms with Crippen LogP contribution in [0.15, 0.2) is 41.3 Å². The number of hydrogen-bond donors (Lipinski definition) is 1. The van der Waals surface area contributed by atoms with E-state index in [1.165, 1.54) is 28.6 Å². The SMILES string of the molecule is O=C(COC(=O)[C@@H]1CC=CCC1)Nc1ccc(S(=O)(=O)N2CCOCC2)cc1. The lowest BCUT2D eigenvalue weighted by atomic mass is 9.95. The van der Waals surface area contributed by atoms with Gasteiger partial charge in [0.2, 0.25) is 10.0 Å². The zero-order valence-electron chi connectivity index (χ0n) is 15.5. The molecule has 0 saturated carbocycles. The normalized spacial score (nSPS) is 20.5. The minimum absolute atomic E-state index is 0.157. The van der Waals surface area contributed by atoms with E-state index in [4.69, 9.17) is 9.47 Å². The Morgan fingerprint density at radius 2 is 1.86 bits per heavy atom. The maximum Gasteiger partial charge on any atom is 0.309 e. The molecule has 1 aliphatic carbocycles. The predicted molar refractivity (Wildman–Crippen MR) is 102 cm³/mol. The second kappa shape index (κ2) is 9.31. The van der Waals surface area contributed by atoms with E-state index in [2.05, 4.69) is 5.32 Å². The van der Waals surface area contributed by atoms with Crippen LogP contribution in [-0.2, 0) is 29.1 Å². The molecule has 2 aliphatic rings. The van der Waals surface area contributed by atoms with Gasteiger partial charge < -0.3 is 14.8 Å². The van der Waals surface area contributed by atoms with Crippen LogP contribution in [0, 0.1) is 5.92 Å². The number of allylic oxidation sites excluding steroid dienone is 2. The molecule has 1 atom stereocenters. The van der Waals surface area contributed by atoms with Gasteiger partial charge in [0.05, 0.1) is 24.0 Å². The van der Waals surface area contributed by atoms with Crippen molar-refractivity contribution in [3.05, 3.63) is 36.4 Å². The first-order chi connectivity index (χ1) is 13.5. The van der Waals surface area contributed by atoms with Crippen LogP contribution in [0.1, 0.15) is 19.3 Å². The van der Waals surface area contributed by atoms with Crippen molar-refractivity contribution in [1.29, 1.82) is 0 Å². The van der Waals surface area contributed by atoms with Crippen molar-refractivity contribution in [2.75, 3.05) is 38.2 Å². The van der Waals surface area contributed by atoms with Gasteiger partial charge in [-0.2, -0.15) is 4.31 Å². The topological polar surface area (TPSA) is 102 Å². The number of morpholine rings is 1. The van der Waals surface area contributed by atoms with E-state index in [1.807, 2.05) is 12.2 Å². The van der Waals surface area contributed by atoms with Crippen LogP contribution >= 0.6 is 0 Å². The van der Waals surface area contributed by atoms with E-state index in [0.717, 1.165) is 12.8 Å². The first kappa shape index (κ1) is 20.5. The third-order valence-corrected chi connectivity index (χ3v) is 6.61. The second-order valence-electron chi connectivity index (χ2n) is 6.68. The summed E-state index contributed by atoms with van der Waals surface area (Å²) >= 11 is 0. The van der Waals surface area contributed by atoms with Crippen molar-refractivity contribution in [1.82, 2.24) is 4.31 Å². The molecule has 3 rings (SSSR count). The van der Waals surface area contributed by atoms with Gasteiger partial charge in [0.15, 0.2) is 6.61 Å². The summed E-state index contributed by atoms with van der Waals surface area (Å²) in [7, 11) is -3.58. The molecule has 9 heteroatoms. The zero-order chi connectivity index (χ0) is 20.0. The smallest absolute Gasteiger partial charge is 0.309 e. The number of sulfonamides is 1. The van der Waals surface area contributed by atoms with E-state index in [-0.39, 0.29) is 23.4 Å². The number of hydrogen-bond acceptors (Lipinski definition) is 6. The standard InChI is InChI=1S/C19H24N2O6S/c22-18(14-27-19(23)15-4-2-1-3-5-15)20-16-6-8-17(9-7-16)28(24,25)21-10-12-26-13-11-21/h1-2,6-9,15H,3-5,10-14H2,(H,20,22)/t15-/m1/s1. The highest BCUT2D eigenvalue weighted by Gasteiger charge is 2.26. The van der Waals surface area contributed by atoms with Gasteiger partial charge >= 0.3 is 5.97 Å². The van der Waals surface area contributed by atoms with E-state index in [9.17, 15) is 18.0 Å². The molecule has 152 valence electrons. The van der Waals surface area contributed by atoms with Gasteiger partial charge in [-0.15, -0.1) is 0 Å². The highest BCUT2D eigenvalue weighted by molar-refractivity contribution is 7.89. The number of ether oxygens (including phenoxy) is 2. The number of amides is 1. The summed E-state index contributed by atoms with van der Waals surface area (Å²) < 4.78 is 36.8. The number of benzene rings is 1. The quantitative estimate of drug-likeness (QED) is 0.566. The molecule has 0 radical (unpaired) electrons. The Hall–Kier alpha value is -2.23. The van der Waals surface area contributed by atoms with Crippen molar-refractivity contribution >= 4 is 27.6 Å². The van der Waals surface area contributed by atoms with Crippen molar-refractivity contribution in [2.24, 2.45) is 5.92 Å². The Balaban J connectivity index is 1.51. The third kappa shape index (κ3) is 5.18. The van der Waals surface area contributed by atoms with Gasteiger partial charge in [0.25, 0.3) is 5.91 Å². The molecule has 1 saturated heterocycles. The average molecular weight is 408 g/mol. The number of carbonyl (C=O) groups excluding carboxylic acids is 2. The average Bonchev–Trinajstić information content (AvgIpc) is 2.73. The maximum absolute atomic E-state index is 12.6. The van der Waals surface area contributed by atoms with E-state index < -0.39 is 15.9 Å². The molecular weight excluding hydrogens is 384 g/mol. The minimum Gasteiger partial charge on any atom is -0.455 e. The molecule has 0 aromatic heterocycles. The van der Waals surface area contributed by atoms with Crippen molar-refractivity contribution < 1.29 is 27.5 Å². The first-order valence-corrected chi connectivity index (χ1v) is 10.7. The second-order valence-corrected chi connectivity index (χ2v) is 8.62. The summed E-state index contributed by atoms with van der Waals surface area (Å²) in [5.74, 6) is -1.03. The molecule has 1 heterocycles. The minimum atomic E-state index is -3.58. The number of nitrogens with one attached hydrogen (secondary N) is 1. The molecule has 0 spiro atoms. The van der Waals surface area contributed by atoms with Crippen molar-refractivity contribution in [3.8, 4) is 0 Å². The molecular formula is C19H24N2O6S. The number of carbonyl (C=O) groups is 2. The van der Waals surface area contributed by atoms with Gasteiger partial charge in [0.1, 0.15) is 0 Å². The Kier molecular flexibility index (Phi) is 6.82. The van der Waals surface area contributed by atoms with Crippen LogP contribution in [0.25, 0.3) is 0 Å². The number of rotatable bonds is 6. The van der Waals surface area contributed by atoms with Crippen LogP contribution in [0.2, 0.25) is 0 Å². The number of anilines is 1.